The van der Waals surface area contributed by atoms with E-state index in [0.29, 0.717) is 5.56 Å². The van der Waals surface area contributed by atoms with Crippen LogP contribution in [0.1, 0.15) is 69.9 Å². The molecule has 0 bridgehead atoms. The molecule has 1 aromatic carbocycles. The van der Waals surface area contributed by atoms with E-state index in [0.717, 1.165) is 24.0 Å². The lowest BCUT2D eigenvalue weighted by atomic mass is 9.89. The van der Waals surface area contributed by atoms with Gasteiger partial charge in [-0.3, -0.25) is 0 Å². The number of nitrogens with zero attached hydrogens (tertiary/aromatic N) is 1. The number of hydrogen-bond acceptors (Lipinski definition) is 1. The molecule has 1 aromatic rings. The van der Waals surface area contributed by atoms with E-state index < -0.39 is 0 Å². The van der Waals surface area contributed by atoms with Gasteiger partial charge in [0.2, 0.25) is 0 Å². The summed E-state index contributed by atoms with van der Waals surface area (Å²) in [5.41, 5.74) is 6.85. The molecule has 0 aromatic heterocycles. The van der Waals surface area contributed by atoms with Gasteiger partial charge in [0, 0.05) is 0 Å². The van der Waals surface area contributed by atoms with E-state index >= 15 is 0 Å². The second-order valence-corrected chi connectivity index (χ2v) is 7.72. The number of rotatable bonds is 9. The molecule has 28 heavy (non-hydrogen) atoms. The van der Waals surface area contributed by atoms with Crippen LogP contribution in [0.3, 0.4) is 0 Å². The summed E-state index contributed by atoms with van der Waals surface area (Å²) in [5.74, 6) is 0.261. The molecule has 146 valence electrons. The highest BCUT2D eigenvalue weighted by molar-refractivity contribution is 5.70. The highest BCUT2D eigenvalue weighted by atomic mass is 14.2. The first-order chi connectivity index (χ1) is 13.6. The van der Waals surface area contributed by atoms with E-state index in [-0.39, 0.29) is 5.92 Å². The van der Waals surface area contributed by atoms with Crippen molar-refractivity contribution < 1.29 is 0 Å². The van der Waals surface area contributed by atoms with Crippen molar-refractivity contribution in [3.8, 4) is 6.07 Å². The molecule has 0 N–H and O–H groups in total. The van der Waals surface area contributed by atoms with Crippen molar-refractivity contribution >= 4 is 5.57 Å². The Morgan fingerprint density at radius 1 is 1.25 bits per heavy atom. The molecular weight excluding hydrogens is 338 g/mol. The summed E-state index contributed by atoms with van der Waals surface area (Å²) in [7, 11) is 0. The van der Waals surface area contributed by atoms with Crippen molar-refractivity contribution in [1.29, 1.82) is 5.26 Å². The summed E-state index contributed by atoms with van der Waals surface area (Å²) in [4.78, 5) is 0. The molecule has 0 heterocycles. The van der Waals surface area contributed by atoms with Gasteiger partial charge in [-0.05, 0) is 80.6 Å². The highest BCUT2D eigenvalue weighted by Gasteiger charge is 2.10. The molecule has 0 fully saturated rings. The van der Waals surface area contributed by atoms with Gasteiger partial charge >= 0.3 is 0 Å². The lowest BCUT2D eigenvalue weighted by Crippen LogP contribution is -2.00. The van der Waals surface area contributed by atoms with Gasteiger partial charge in [-0.2, -0.15) is 5.26 Å². The molecule has 1 unspecified atom stereocenters. The standard InChI is InChI=1S/C27H33N/c1-5-21(2)26(22(3)12-11-15-24-13-7-6-8-14-24)19-18-23(4)27-17-10-9-16-25(27)20-28/h5,9-10,13,16-19,21H,1,3,6-8,11-12,14-15H2,2,4H3/b23-18+,26-19-. The van der Waals surface area contributed by atoms with Crippen molar-refractivity contribution in [3.05, 3.63) is 89.6 Å². The Balaban J connectivity index is 2.11. The maximum absolute atomic E-state index is 9.34. The van der Waals surface area contributed by atoms with Crippen molar-refractivity contribution in [2.24, 2.45) is 5.92 Å². The van der Waals surface area contributed by atoms with Crippen LogP contribution in [0.25, 0.3) is 5.57 Å². The average Bonchev–Trinajstić information content (AvgIpc) is 2.74. The van der Waals surface area contributed by atoms with Crippen LogP contribution < -0.4 is 0 Å². The minimum Gasteiger partial charge on any atom is -0.192 e. The molecule has 0 saturated heterocycles. The van der Waals surface area contributed by atoms with Gasteiger partial charge in [-0.1, -0.05) is 67.2 Å². The van der Waals surface area contributed by atoms with Crippen LogP contribution in [0.2, 0.25) is 0 Å². The minimum atomic E-state index is 0.261. The van der Waals surface area contributed by atoms with Crippen molar-refractivity contribution in [1.82, 2.24) is 0 Å². The third-order valence-electron chi connectivity index (χ3n) is 5.60. The zero-order valence-corrected chi connectivity index (χ0v) is 17.5. The lowest BCUT2D eigenvalue weighted by molar-refractivity contribution is 0.657. The second-order valence-electron chi connectivity index (χ2n) is 7.72. The molecule has 2 rings (SSSR count). The predicted molar refractivity (Wildman–Crippen MR) is 122 cm³/mol. The van der Waals surface area contributed by atoms with Gasteiger partial charge in [0.05, 0.1) is 11.6 Å². The first kappa shape index (κ1) is 21.7. The zero-order chi connectivity index (χ0) is 20.4. The Kier molecular flexibility index (Phi) is 8.76. The fourth-order valence-corrected chi connectivity index (χ4v) is 3.75. The van der Waals surface area contributed by atoms with Gasteiger partial charge in [-0.15, -0.1) is 6.58 Å². The van der Waals surface area contributed by atoms with E-state index in [1.54, 1.807) is 5.57 Å². The van der Waals surface area contributed by atoms with Crippen LogP contribution in [0.4, 0.5) is 0 Å². The molecule has 1 aliphatic rings. The van der Waals surface area contributed by atoms with E-state index in [4.69, 9.17) is 0 Å². The molecule has 1 aliphatic carbocycles. The Hall–Kier alpha value is -2.59. The number of hydrogen-bond donors (Lipinski definition) is 0. The molecular formula is C27H33N. The molecule has 1 nitrogen and oxygen atoms in total. The lowest BCUT2D eigenvalue weighted by Gasteiger charge is -2.17. The normalized spacial score (nSPS) is 16.1. The fourth-order valence-electron chi connectivity index (χ4n) is 3.75. The summed E-state index contributed by atoms with van der Waals surface area (Å²) >= 11 is 0. The maximum atomic E-state index is 9.34. The van der Waals surface area contributed by atoms with E-state index in [2.05, 4.69) is 51.3 Å². The van der Waals surface area contributed by atoms with E-state index in [1.807, 2.05) is 30.3 Å². The Bertz CT molecular complexity index is 826. The summed E-state index contributed by atoms with van der Waals surface area (Å²) in [6.07, 6.45) is 17.3. The first-order valence-corrected chi connectivity index (χ1v) is 10.4. The Morgan fingerprint density at radius 3 is 2.71 bits per heavy atom. The molecule has 0 amide bonds. The largest absolute Gasteiger partial charge is 0.192 e. The molecule has 0 spiro atoms. The third-order valence-corrected chi connectivity index (χ3v) is 5.60. The smallest absolute Gasteiger partial charge is 0.0998 e. The summed E-state index contributed by atoms with van der Waals surface area (Å²) in [5, 5.41) is 9.34. The topological polar surface area (TPSA) is 23.8 Å². The van der Waals surface area contributed by atoms with E-state index in [9.17, 15) is 5.26 Å². The molecule has 1 atom stereocenters. The first-order valence-electron chi connectivity index (χ1n) is 10.4. The number of nitriles is 1. The monoisotopic (exact) mass is 371 g/mol. The van der Waals surface area contributed by atoms with Crippen LogP contribution >= 0.6 is 0 Å². The zero-order valence-electron chi connectivity index (χ0n) is 17.5. The summed E-state index contributed by atoms with van der Waals surface area (Å²) in [6.45, 7) is 12.6. The quantitative estimate of drug-likeness (QED) is 0.319. The molecule has 1 heteroatoms. The molecule has 0 saturated carbocycles. The molecule has 0 radical (unpaired) electrons. The third kappa shape index (κ3) is 6.24. The predicted octanol–water partition coefficient (Wildman–Crippen LogP) is 7.94. The Morgan fingerprint density at radius 2 is 2.04 bits per heavy atom. The van der Waals surface area contributed by atoms with Crippen molar-refractivity contribution in [2.75, 3.05) is 0 Å². The Labute approximate surface area is 171 Å². The van der Waals surface area contributed by atoms with Gasteiger partial charge in [0.15, 0.2) is 0 Å². The van der Waals surface area contributed by atoms with Crippen LogP contribution in [0.5, 0.6) is 0 Å². The fraction of sp³-hybridized carbons (Fsp3) is 0.370. The van der Waals surface area contributed by atoms with Crippen LogP contribution in [0, 0.1) is 17.2 Å². The maximum Gasteiger partial charge on any atom is 0.0998 e. The second kappa shape index (κ2) is 11.3. The molecule has 0 aliphatic heterocycles. The van der Waals surface area contributed by atoms with Gasteiger partial charge in [0.1, 0.15) is 0 Å². The van der Waals surface area contributed by atoms with Crippen molar-refractivity contribution in [2.45, 2.75) is 58.8 Å². The highest BCUT2D eigenvalue weighted by Crippen LogP contribution is 2.28. The van der Waals surface area contributed by atoms with Crippen molar-refractivity contribution in [3.63, 3.8) is 0 Å². The SMILES string of the molecule is C=CC(C)/C(=C/C=C(\C)c1ccccc1C#N)C(=C)CCCC1=CCCCC1. The summed E-state index contributed by atoms with van der Waals surface area (Å²) in [6, 6.07) is 10.0. The number of allylic oxidation sites excluding steroid dienone is 8. The van der Waals surface area contributed by atoms with Gasteiger partial charge in [-0.25, -0.2) is 0 Å². The van der Waals surface area contributed by atoms with Gasteiger partial charge < -0.3 is 0 Å². The minimum absolute atomic E-state index is 0.261. The van der Waals surface area contributed by atoms with E-state index in [1.165, 1.54) is 43.3 Å². The summed E-state index contributed by atoms with van der Waals surface area (Å²) < 4.78 is 0. The van der Waals surface area contributed by atoms with Crippen LogP contribution in [0.15, 0.2) is 78.4 Å². The average molecular weight is 372 g/mol. The van der Waals surface area contributed by atoms with Crippen LogP contribution in [-0.4, -0.2) is 0 Å². The van der Waals surface area contributed by atoms with Gasteiger partial charge in [0.25, 0.3) is 0 Å². The van der Waals surface area contributed by atoms with Crippen LogP contribution in [-0.2, 0) is 0 Å². The number of benzene rings is 1.